The number of allylic oxidation sites excluding steroid dienone is 3. The van der Waals surface area contributed by atoms with E-state index in [0.717, 1.165) is 86.3 Å². The molecule has 5 aromatic rings. The molecule has 0 spiro atoms. The van der Waals surface area contributed by atoms with E-state index in [2.05, 4.69) is 94.3 Å². The van der Waals surface area contributed by atoms with Gasteiger partial charge >= 0.3 is 0 Å². The van der Waals surface area contributed by atoms with E-state index in [9.17, 15) is 4.79 Å². The fraction of sp³-hybridized carbons (Fsp3) is 0.214. The molecule has 4 aromatic carbocycles. The van der Waals surface area contributed by atoms with Crippen molar-refractivity contribution in [1.29, 1.82) is 0 Å². The summed E-state index contributed by atoms with van der Waals surface area (Å²) in [4.78, 5) is 26.9. The first-order valence-corrected chi connectivity index (χ1v) is 19.2. The van der Waals surface area contributed by atoms with Gasteiger partial charge in [-0.15, -0.1) is 20.4 Å². The van der Waals surface area contributed by atoms with Gasteiger partial charge in [0.1, 0.15) is 0 Å². The van der Waals surface area contributed by atoms with E-state index >= 15 is 0 Å². The third-order valence-corrected chi connectivity index (χ3v) is 9.71. The molecule has 6 rings (SSSR count). The van der Waals surface area contributed by atoms with Gasteiger partial charge in [0.25, 0.3) is 0 Å². The molecule has 1 amide bonds. The van der Waals surface area contributed by atoms with Gasteiger partial charge in [0.2, 0.25) is 11.7 Å². The Balaban J connectivity index is 0.999. The van der Waals surface area contributed by atoms with Gasteiger partial charge in [-0.2, -0.15) is 10.2 Å². The average Bonchev–Trinajstić information content (AvgIpc) is 3.22. The van der Waals surface area contributed by atoms with Gasteiger partial charge in [-0.25, -0.2) is 9.98 Å². The SMILES string of the molecule is CCN(CC)C1=CC(=Nc2ccccc2)C(=Nc2ccc(N=Nc3ccc(N(C)CCCC(=O)NCc4ccc(-c5nncnn5)cc4)cc3)cc2I)C=C1. The molecular formula is C42H42IN11O. The molecule has 1 aromatic heterocycles. The van der Waals surface area contributed by atoms with Crippen LogP contribution < -0.4 is 10.2 Å². The van der Waals surface area contributed by atoms with Crippen molar-refractivity contribution < 1.29 is 4.79 Å². The zero-order valence-corrected chi connectivity index (χ0v) is 33.2. The summed E-state index contributed by atoms with van der Waals surface area (Å²) in [5.41, 5.74) is 8.80. The molecule has 1 aliphatic rings. The van der Waals surface area contributed by atoms with Gasteiger partial charge in [0.05, 0.1) is 34.2 Å². The number of likely N-dealkylation sites (N-methyl/N-ethyl adjacent to an activating group) is 1. The van der Waals surface area contributed by atoms with Crippen LogP contribution in [-0.4, -0.2) is 69.3 Å². The van der Waals surface area contributed by atoms with Crippen LogP contribution in [0, 0.1) is 3.57 Å². The highest BCUT2D eigenvalue weighted by Gasteiger charge is 2.15. The maximum atomic E-state index is 12.5. The van der Waals surface area contributed by atoms with Gasteiger partial charge in [0, 0.05) is 60.2 Å². The summed E-state index contributed by atoms with van der Waals surface area (Å²) in [6, 6.07) is 31.4. The Morgan fingerprint density at radius 1 is 0.782 bits per heavy atom. The summed E-state index contributed by atoms with van der Waals surface area (Å²) < 4.78 is 0.960. The third-order valence-electron chi connectivity index (χ3n) is 8.84. The number of rotatable bonds is 15. The Labute approximate surface area is 335 Å². The Bertz CT molecular complexity index is 2200. The van der Waals surface area contributed by atoms with E-state index in [1.54, 1.807) is 0 Å². The van der Waals surface area contributed by atoms with Crippen LogP contribution >= 0.6 is 22.6 Å². The second kappa shape index (κ2) is 19.4. The average molecular weight is 844 g/mol. The third kappa shape index (κ3) is 11.0. The highest BCUT2D eigenvalue weighted by atomic mass is 127. The first-order chi connectivity index (χ1) is 26.9. The molecule has 0 unspecified atom stereocenters. The van der Waals surface area contributed by atoms with Crippen LogP contribution in [0.25, 0.3) is 11.4 Å². The van der Waals surface area contributed by atoms with Crippen LogP contribution in [0.1, 0.15) is 32.3 Å². The molecular weight excluding hydrogens is 801 g/mol. The molecule has 12 nitrogen and oxygen atoms in total. The van der Waals surface area contributed by atoms with E-state index < -0.39 is 0 Å². The zero-order valence-electron chi connectivity index (χ0n) is 31.0. The number of nitrogens with one attached hydrogen (secondary N) is 1. The Hall–Kier alpha value is -5.96. The maximum absolute atomic E-state index is 12.5. The molecule has 0 fully saturated rings. The molecule has 0 saturated carbocycles. The largest absolute Gasteiger partial charge is 0.375 e. The van der Waals surface area contributed by atoms with Gasteiger partial charge in [-0.1, -0.05) is 42.5 Å². The molecule has 1 N–H and O–H groups in total. The molecule has 1 heterocycles. The molecule has 13 heteroatoms. The van der Waals surface area contributed by atoms with Crippen LogP contribution in [0.15, 0.2) is 148 Å². The number of anilines is 1. The maximum Gasteiger partial charge on any atom is 0.220 e. The summed E-state index contributed by atoms with van der Waals surface area (Å²) in [6.07, 6.45) is 8.71. The first-order valence-electron chi connectivity index (χ1n) is 18.1. The zero-order chi connectivity index (χ0) is 38.4. The number of benzene rings is 4. The van der Waals surface area contributed by atoms with Crippen LogP contribution in [0.3, 0.4) is 0 Å². The molecule has 1 aliphatic carbocycles. The lowest BCUT2D eigenvalue weighted by atomic mass is 10.1. The number of carbonyl (C=O) groups excluding carboxylic acids is 1. The van der Waals surface area contributed by atoms with Crippen molar-refractivity contribution in [2.45, 2.75) is 33.2 Å². The number of amides is 1. The second-order valence-corrected chi connectivity index (χ2v) is 13.8. The van der Waals surface area contributed by atoms with Gasteiger partial charge in [-0.05, 0) is 121 Å². The summed E-state index contributed by atoms with van der Waals surface area (Å²) >= 11 is 2.30. The van der Waals surface area contributed by atoms with Crippen molar-refractivity contribution in [2.75, 3.05) is 31.6 Å². The molecule has 0 saturated heterocycles. The quantitative estimate of drug-likeness (QED) is 0.0631. The van der Waals surface area contributed by atoms with Crippen molar-refractivity contribution in [3.05, 3.63) is 136 Å². The molecule has 0 radical (unpaired) electrons. The number of aliphatic imine (C=N–C) groups is 2. The number of hydrogen-bond acceptors (Lipinski definition) is 11. The number of hydrogen-bond donors (Lipinski definition) is 1. The number of aromatic nitrogens is 4. The highest BCUT2D eigenvalue weighted by Crippen LogP contribution is 2.29. The lowest BCUT2D eigenvalue weighted by Gasteiger charge is -2.24. The van der Waals surface area contributed by atoms with Crippen LogP contribution in [0.5, 0.6) is 0 Å². The number of para-hydroxylation sites is 1. The number of halogens is 1. The summed E-state index contributed by atoms with van der Waals surface area (Å²) in [7, 11) is 2.02. The lowest BCUT2D eigenvalue weighted by Crippen LogP contribution is -2.25. The fourth-order valence-electron chi connectivity index (χ4n) is 5.78. The van der Waals surface area contributed by atoms with Gasteiger partial charge in [-0.3, -0.25) is 4.79 Å². The predicted octanol–water partition coefficient (Wildman–Crippen LogP) is 9.13. The highest BCUT2D eigenvalue weighted by molar-refractivity contribution is 14.1. The van der Waals surface area contributed by atoms with E-state index in [-0.39, 0.29) is 5.91 Å². The molecule has 55 heavy (non-hydrogen) atoms. The molecule has 0 atom stereocenters. The minimum Gasteiger partial charge on any atom is -0.375 e. The smallest absolute Gasteiger partial charge is 0.220 e. The topological polar surface area (TPSA) is 137 Å². The second-order valence-electron chi connectivity index (χ2n) is 12.6. The number of carbonyl (C=O) groups is 1. The normalized spacial score (nSPS) is 14.0. The van der Waals surface area contributed by atoms with Crippen molar-refractivity contribution in [1.82, 2.24) is 30.6 Å². The van der Waals surface area contributed by atoms with E-state index in [4.69, 9.17) is 9.98 Å². The minimum absolute atomic E-state index is 0.0113. The first kappa shape index (κ1) is 38.8. The Kier molecular flexibility index (Phi) is 13.7. The summed E-state index contributed by atoms with van der Waals surface area (Å²) in [5.74, 6) is 0.474. The van der Waals surface area contributed by atoms with Gasteiger partial charge in [0.15, 0.2) is 6.33 Å². The van der Waals surface area contributed by atoms with Crippen LogP contribution in [0.4, 0.5) is 28.4 Å². The summed E-state index contributed by atoms with van der Waals surface area (Å²) in [5, 5.41) is 27.4. The molecule has 0 bridgehead atoms. The van der Waals surface area contributed by atoms with Crippen molar-refractivity contribution >= 4 is 68.4 Å². The van der Waals surface area contributed by atoms with E-state index in [0.29, 0.717) is 18.8 Å². The monoisotopic (exact) mass is 843 g/mol. The Morgan fingerprint density at radius 3 is 2.20 bits per heavy atom. The van der Waals surface area contributed by atoms with Gasteiger partial charge < -0.3 is 15.1 Å². The lowest BCUT2D eigenvalue weighted by molar-refractivity contribution is -0.121. The minimum atomic E-state index is 0.0113. The number of nitrogens with zero attached hydrogens (tertiary/aromatic N) is 10. The van der Waals surface area contributed by atoms with Crippen molar-refractivity contribution in [3.63, 3.8) is 0 Å². The predicted molar refractivity (Wildman–Crippen MR) is 228 cm³/mol. The van der Waals surface area contributed by atoms with Crippen LogP contribution in [-0.2, 0) is 11.3 Å². The van der Waals surface area contributed by atoms with Crippen molar-refractivity contribution in [3.8, 4) is 11.4 Å². The molecule has 0 aliphatic heterocycles. The standard InChI is InChI=1S/C42H42IN11O/c1-4-54(5-2)36-22-24-39(40(27-36)47-32-10-7-6-8-11-32)48-38-23-19-34(26-37(38)43)50-49-33-17-20-35(21-18-33)53(3)25-9-12-41(55)44-28-30-13-15-31(16-14-30)42-51-45-29-46-52-42/h6-8,10-11,13-24,26-27,29H,4-5,9,12,25,28H2,1-3H3,(H,44,55). The fourth-order valence-corrected chi connectivity index (χ4v) is 6.40. The Morgan fingerprint density at radius 2 is 1.49 bits per heavy atom. The van der Waals surface area contributed by atoms with E-state index in [1.807, 2.05) is 110 Å². The van der Waals surface area contributed by atoms with Crippen LogP contribution in [0.2, 0.25) is 0 Å². The molecule has 278 valence electrons. The number of azo groups is 1. The van der Waals surface area contributed by atoms with Crippen molar-refractivity contribution in [2.24, 2.45) is 20.2 Å². The summed E-state index contributed by atoms with van der Waals surface area (Å²) in [6.45, 7) is 7.33. The van der Waals surface area contributed by atoms with E-state index in [1.165, 1.54) is 6.33 Å².